The van der Waals surface area contributed by atoms with Gasteiger partial charge in [-0.15, -0.1) is 11.3 Å². The molecule has 0 aliphatic heterocycles. The number of halogens is 1. The first-order valence-electron chi connectivity index (χ1n) is 7.00. The number of hydrogen-bond donors (Lipinski definition) is 0. The van der Waals surface area contributed by atoms with Gasteiger partial charge in [0.2, 0.25) is 11.7 Å². The molecule has 0 atom stereocenters. The van der Waals surface area contributed by atoms with Gasteiger partial charge < -0.3 is 4.52 Å². The van der Waals surface area contributed by atoms with E-state index in [4.69, 9.17) is 4.52 Å². The van der Waals surface area contributed by atoms with Crippen LogP contribution in [0, 0.1) is 10.1 Å². The second kappa shape index (κ2) is 7.20. The molecule has 2 heterocycles. The molecule has 0 bridgehead atoms. The molecule has 124 valence electrons. The summed E-state index contributed by atoms with van der Waals surface area (Å²) in [6, 6.07) is 8.25. The maximum atomic E-state index is 10.8. The maximum Gasteiger partial charge on any atom is 0.270 e. The van der Waals surface area contributed by atoms with E-state index in [-0.39, 0.29) is 5.69 Å². The number of hydrogen-bond acceptors (Lipinski definition) is 7. The molecule has 0 saturated carbocycles. The summed E-state index contributed by atoms with van der Waals surface area (Å²) in [6.07, 6.45) is 0. The van der Waals surface area contributed by atoms with Crippen LogP contribution in [0.25, 0.3) is 11.4 Å². The standard InChI is InChI=1S/C15H13BrN4O3S/c1-19(7-10-5-13(16)24-9-10)8-14-17-15(18-23-14)11-3-2-4-12(6-11)20(21)22/h2-6,9H,7-8H2,1H3. The Balaban J connectivity index is 1.69. The molecule has 0 aliphatic rings. The van der Waals surface area contributed by atoms with Crippen molar-refractivity contribution in [2.75, 3.05) is 7.05 Å². The average Bonchev–Trinajstić information content (AvgIpc) is 3.16. The van der Waals surface area contributed by atoms with Crippen LogP contribution in [0.15, 0.2) is 44.0 Å². The molecule has 0 radical (unpaired) electrons. The Kier molecular flexibility index (Phi) is 5.03. The molecule has 0 aliphatic carbocycles. The predicted molar refractivity (Wildman–Crippen MR) is 93.6 cm³/mol. The minimum Gasteiger partial charge on any atom is -0.338 e. The summed E-state index contributed by atoms with van der Waals surface area (Å²) < 4.78 is 6.35. The highest BCUT2D eigenvalue weighted by Crippen LogP contribution is 2.23. The van der Waals surface area contributed by atoms with E-state index in [1.54, 1.807) is 23.5 Å². The number of non-ortho nitro benzene ring substituents is 1. The molecule has 9 heteroatoms. The molecule has 24 heavy (non-hydrogen) atoms. The van der Waals surface area contributed by atoms with Crippen LogP contribution in [0.3, 0.4) is 0 Å². The van der Waals surface area contributed by atoms with Crippen molar-refractivity contribution in [1.29, 1.82) is 0 Å². The molecule has 3 aromatic rings. The normalized spacial score (nSPS) is 11.1. The molecular formula is C15H13BrN4O3S. The van der Waals surface area contributed by atoms with Crippen molar-refractivity contribution < 1.29 is 9.45 Å². The number of thiophene rings is 1. The molecule has 0 N–H and O–H groups in total. The average molecular weight is 409 g/mol. The third-order valence-corrected chi connectivity index (χ3v) is 4.82. The Morgan fingerprint density at radius 1 is 1.38 bits per heavy atom. The number of nitrogens with zero attached hydrogens (tertiary/aromatic N) is 4. The zero-order valence-corrected chi connectivity index (χ0v) is 15.1. The van der Waals surface area contributed by atoms with Crippen molar-refractivity contribution in [2.24, 2.45) is 0 Å². The molecule has 1 aromatic carbocycles. The van der Waals surface area contributed by atoms with Crippen LogP contribution in [0.4, 0.5) is 5.69 Å². The second-order valence-electron chi connectivity index (χ2n) is 5.25. The van der Waals surface area contributed by atoms with Gasteiger partial charge >= 0.3 is 0 Å². The Labute approximate surface area is 150 Å². The molecule has 2 aromatic heterocycles. The van der Waals surface area contributed by atoms with E-state index in [2.05, 4.69) is 42.4 Å². The van der Waals surface area contributed by atoms with E-state index < -0.39 is 4.92 Å². The van der Waals surface area contributed by atoms with Gasteiger partial charge in [0.05, 0.1) is 15.3 Å². The SMILES string of the molecule is CN(Cc1csc(Br)c1)Cc1nc(-c2cccc([N+](=O)[O-])c2)no1. The van der Waals surface area contributed by atoms with Crippen molar-refractivity contribution in [3.05, 3.63) is 61.1 Å². The van der Waals surface area contributed by atoms with E-state index in [0.717, 1.165) is 10.3 Å². The Bertz CT molecular complexity index is 864. The fourth-order valence-electron chi connectivity index (χ4n) is 2.22. The first-order valence-corrected chi connectivity index (χ1v) is 8.67. The van der Waals surface area contributed by atoms with E-state index in [0.29, 0.717) is 23.8 Å². The molecule has 0 spiro atoms. The van der Waals surface area contributed by atoms with Gasteiger partial charge in [-0.05, 0) is 40.0 Å². The largest absolute Gasteiger partial charge is 0.338 e. The number of rotatable bonds is 6. The van der Waals surface area contributed by atoms with Crippen LogP contribution >= 0.6 is 27.3 Å². The minimum atomic E-state index is -0.447. The third kappa shape index (κ3) is 4.05. The lowest BCUT2D eigenvalue weighted by atomic mass is 10.2. The topological polar surface area (TPSA) is 85.3 Å². The summed E-state index contributed by atoms with van der Waals surface area (Å²) in [4.78, 5) is 16.8. The highest BCUT2D eigenvalue weighted by atomic mass is 79.9. The van der Waals surface area contributed by atoms with Gasteiger partial charge in [0.15, 0.2) is 0 Å². The quantitative estimate of drug-likeness (QED) is 0.450. The zero-order chi connectivity index (χ0) is 17.1. The number of nitro benzene ring substituents is 1. The van der Waals surface area contributed by atoms with Gasteiger partial charge in [-0.3, -0.25) is 15.0 Å². The van der Waals surface area contributed by atoms with Crippen molar-refractivity contribution >= 4 is 33.0 Å². The first-order chi connectivity index (χ1) is 11.5. The summed E-state index contributed by atoms with van der Waals surface area (Å²) in [5, 5.41) is 16.8. The minimum absolute atomic E-state index is 0.000923. The van der Waals surface area contributed by atoms with Crippen LogP contribution in [0.2, 0.25) is 0 Å². The fraction of sp³-hybridized carbons (Fsp3) is 0.200. The number of nitro groups is 1. The smallest absolute Gasteiger partial charge is 0.270 e. The lowest BCUT2D eigenvalue weighted by Gasteiger charge is -2.12. The van der Waals surface area contributed by atoms with Crippen LogP contribution in [0.1, 0.15) is 11.5 Å². The highest BCUT2D eigenvalue weighted by Gasteiger charge is 2.14. The van der Waals surface area contributed by atoms with Crippen LogP contribution in [0.5, 0.6) is 0 Å². The van der Waals surface area contributed by atoms with Crippen molar-refractivity contribution in [2.45, 2.75) is 13.1 Å². The molecular weight excluding hydrogens is 396 g/mol. The van der Waals surface area contributed by atoms with Gasteiger partial charge in [-0.2, -0.15) is 4.98 Å². The third-order valence-electron chi connectivity index (χ3n) is 3.26. The molecule has 3 rings (SSSR count). The fourth-order valence-corrected chi connectivity index (χ4v) is 3.42. The molecule has 0 fully saturated rings. The predicted octanol–water partition coefficient (Wildman–Crippen LogP) is 4.10. The zero-order valence-electron chi connectivity index (χ0n) is 12.7. The lowest BCUT2D eigenvalue weighted by Crippen LogP contribution is -2.17. The number of aromatic nitrogens is 2. The van der Waals surface area contributed by atoms with Crippen molar-refractivity contribution in [3.63, 3.8) is 0 Å². The molecule has 0 amide bonds. The monoisotopic (exact) mass is 408 g/mol. The molecule has 7 nitrogen and oxygen atoms in total. The summed E-state index contributed by atoms with van der Waals surface area (Å²) >= 11 is 5.09. The van der Waals surface area contributed by atoms with Gasteiger partial charge in [0, 0.05) is 24.2 Å². The first kappa shape index (κ1) is 16.7. The Morgan fingerprint density at radius 2 is 2.21 bits per heavy atom. The van der Waals surface area contributed by atoms with E-state index in [1.165, 1.54) is 17.7 Å². The molecule has 0 saturated heterocycles. The Hall–Kier alpha value is -2.10. The highest BCUT2D eigenvalue weighted by molar-refractivity contribution is 9.11. The van der Waals surface area contributed by atoms with Gasteiger partial charge in [0.25, 0.3) is 5.69 Å². The van der Waals surface area contributed by atoms with Crippen molar-refractivity contribution in [3.8, 4) is 11.4 Å². The number of benzene rings is 1. The van der Waals surface area contributed by atoms with Gasteiger partial charge in [-0.1, -0.05) is 17.3 Å². The van der Waals surface area contributed by atoms with E-state index >= 15 is 0 Å². The molecule has 0 unspecified atom stereocenters. The summed E-state index contributed by atoms with van der Waals surface area (Å²) in [5.74, 6) is 0.814. The summed E-state index contributed by atoms with van der Waals surface area (Å²) in [7, 11) is 1.96. The second-order valence-corrected chi connectivity index (χ2v) is 7.54. The Morgan fingerprint density at radius 3 is 2.92 bits per heavy atom. The van der Waals surface area contributed by atoms with Gasteiger partial charge in [0.1, 0.15) is 0 Å². The van der Waals surface area contributed by atoms with Crippen LogP contribution < -0.4 is 0 Å². The summed E-state index contributed by atoms with van der Waals surface area (Å²) in [5.41, 5.74) is 1.76. The van der Waals surface area contributed by atoms with Crippen LogP contribution in [-0.2, 0) is 13.1 Å². The van der Waals surface area contributed by atoms with E-state index in [1.807, 2.05) is 7.05 Å². The van der Waals surface area contributed by atoms with E-state index in [9.17, 15) is 10.1 Å². The van der Waals surface area contributed by atoms with Crippen LogP contribution in [-0.4, -0.2) is 27.0 Å². The lowest BCUT2D eigenvalue weighted by molar-refractivity contribution is -0.384. The maximum absolute atomic E-state index is 10.8. The summed E-state index contributed by atoms with van der Waals surface area (Å²) in [6.45, 7) is 1.26. The van der Waals surface area contributed by atoms with Gasteiger partial charge in [-0.25, -0.2) is 0 Å². The van der Waals surface area contributed by atoms with Crippen molar-refractivity contribution in [1.82, 2.24) is 15.0 Å².